The minimum absolute atomic E-state index is 0.0605. The first-order valence-corrected chi connectivity index (χ1v) is 13.7. The zero-order valence-electron chi connectivity index (χ0n) is 21.9. The second kappa shape index (κ2) is 13.2. The third kappa shape index (κ3) is 7.53. The number of carbonyl (C=O) groups is 2. The quantitative estimate of drug-likeness (QED) is 0.360. The predicted octanol–water partition coefficient (Wildman–Crippen LogP) is 4.11. The van der Waals surface area contributed by atoms with Crippen molar-refractivity contribution in [2.24, 2.45) is 0 Å². The number of nitrogens with one attached hydrogen (secondary N) is 1. The normalized spacial score (nSPS) is 11.9. The van der Waals surface area contributed by atoms with Crippen LogP contribution in [0, 0.1) is 11.6 Å². The van der Waals surface area contributed by atoms with Gasteiger partial charge in [0.05, 0.1) is 17.7 Å². The summed E-state index contributed by atoms with van der Waals surface area (Å²) in [7, 11) is -2.86. The van der Waals surface area contributed by atoms with Crippen LogP contribution in [0.15, 0.2) is 77.7 Å². The maximum Gasteiger partial charge on any atom is 0.264 e. The summed E-state index contributed by atoms with van der Waals surface area (Å²) in [6.45, 7) is 3.07. The number of sulfonamides is 1. The first kappa shape index (κ1) is 29.6. The SMILES string of the molecule is CCCNC(=O)[C@H](C)N(Cc1ccc(F)cc1)C(=O)CN(c1ccc(F)cc1)S(=O)(=O)c1ccc(OC)cc1. The van der Waals surface area contributed by atoms with E-state index in [1.54, 1.807) is 0 Å². The molecule has 3 rings (SSSR count). The van der Waals surface area contributed by atoms with Crippen LogP contribution < -0.4 is 14.4 Å². The molecule has 2 amide bonds. The molecule has 0 radical (unpaired) electrons. The van der Waals surface area contributed by atoms with Gasteiger partial charge in [-0.3, -0.25) is 13.9 Å². The molecule has 0 aliphatic rings. The molecule has 3 aromatic carbocycles. The lowest BCUT2D eigenvalue weighted by Gasteiger charge is -2.32. The largest absolute Gasteiger partial charge is 0.497 e. The Balaban J connectivity index is 2.00. The smallest absolute Gasteiger partial charge is 0.264 e. The van der Waals surface area contributed by atoms with Crippen LogP contribution in [0.25, 0.3) is 0 Å². The van der Waals surface area contributed by atoms with Crippen LogP contribution in [-0.4, -0.2) is 51.4 Å². The van der Waals surface area contributed by atoms with Gasteiger partial charge in [0.25, 0.3) is 10.0 Å². The second-order valence-electron chi connectivity index (χ2n) is 8.78. The molecule has 0 aromatic heterocycles. The number of rotatable bonds is 12. The summed E-state index contributed by atoms with van der Waals surface area (Å²) in [5.41, 5.74) is 0.608. The third-order valence-corrected chi connectivity index (χ3v) is 7.81. The molecular formula is C28H31F2N3O5S. The van der Waals surface area contributed by atoms with E-state index in [4.69, 9.17) is 4.74 Å². The average Bonchev–Trinajstić information content (AvgIpc) is 2.94. The Morgan fingerprint density at radius 2 is 1.49 bits per heavy atom. The predicted molar refractivity (Wildman–Crippen MR) is 144 cm³/mol. The summed E-state index contributed by atoms with van der Waals surface area (Å²) < 4.78 is 60.6. The number of benzene rings is 3. The zero-order valence-corrected chi connectivity index (χ0v) is 22.8. The molecule has 8 nitrogen and oxygen atoms in total. The van der Waals surface area contributed by atoms with Gasteiger partial charge in [-0.2, -0.15) is 0 Å². The van der Waals surface area contributed by atoms with Crippen LogP contribution >= 0.6 is 0 Å². The Kier molecular flexibility index (Phi) is 10.00. The van der Waals surface area contributed by atoms with Crippen LogP contribution in [0.1, 0.15) is 25.8 Å². The van der Waals surface area contributed by atoms with Crippen molar-refractivity contribution in [3.63, 3.8) is 0 Å². The fraction of sp³-hybridized carbons (Fsp3) is 0.286. The number of anilines is 1. The lowest BCUT2D eigenvalue weighted by molar-refractivity contribution is -0.139. The molecule has 0 fully saturated rings. The van der Waals surface area contributed by atoms with E-state index in [1.165, 1.54) is 79.6 Å². The number of hydrogen-bond acceptors (Lipinski definition) is 5. The van der Waals surface area contributed by atoms with E-state index in [1.807, 2.05) is 6.92 Å². The first-order valence-electron chi connectivity index (χ1n) is 12.3. The van der Waals surface area contributed by atoms with Gasteiger partial charge in [0.2, 0.25) is 11.8 Å². The lowest BCUT2D eigenvalue weighted by atomic mass is 10.1. The van der Waals surface area contributed by atoms with Crippen molar-refractivity contribution >= 4 is 27.5 Å². The molecule has 1 N–H and O–H groups in total. The third-order valence-electron chi connectivity index (χ3n) is 6.02. The van der Waals surface area contributed by atoms with Gasteiger partial charge >= 0.3 is 0 Å². The Morgan fingerprint density at radius 3 is 2.03 bits per heavy atom. The van der Waals surface area contributed by atoms with E-state index >= 15 is 0 Å². The zero-order chi connectivity index (χ0) is 28.6. The standard InChI is InChI=1S/C28H31F2N3O5S/c1-4-17-31-28(35)20(2)32(18-21-5-7-22(29)8-6-21)27(34)19-33(24-11-9-23(30)10-12-24)39(36,37)26-15-13-25(38-3)14-16-26/h5-16,20H,4,17-19H2,1-3H3,(H,31,35)/t20-/m0/s1. The van der Waals surface area contributed by atoms with Gasteiger partial charge in [0, 0.05) is 13.1 Å². The maximum atomic E-state index is 13.7. The Morgan fingerprint density at radius 1 is 0.923 bits per heavy atom. The van der Waals surface area contributed by atoms with Crippen molar-refractivity contribution in [1.82, 2.24) is 10.2 Å². The Labute approximate surface area is 227 Å². The van der Waals surface area contributed by atoms with Crippen molar-refractivity contribution in [1.29, 1.82) is 0 Å². The molecule has 0 aliphatic carbocycles. The van der Waals surface area contributed by atoms with E-state index in [2.05, 4.69) is 5.32 Å². The minimum atomic E-state index is -4.30. The summed E-state index contributed by atoms with van der Waals surface area (Å²) in [6.07, 6.45) is 0.683. The fourth-order valence-electron chi connectivity index (χ4n) is 3.78. The fourth-order valence-corrected chi connectivity index (χ4v) is 5.19. The van der Waals surface area contributed by atoms with Gasteiger partial charge in [0.15, 0.2) is 0 Å². The lowest BCUT2D eigenvalue weighted by Crippen LogP contribution is -2.51. The Hall–Kier alpha value is -3.99. The van der Waals surface area contributed by atoms with Crippen molar-refractivity contribution in [3.8, 4) is 5.75 Å². The number of carbonyl (C=O) groups excluding carboxylic acids is 2. The molecule has 208 valence electrons. The highest BCUT2D eigenvalue weighted by molar-refractivity contribution is 7.92. The number of methoxy groups -OCH3 is 1. The van der Waals surface area contributed by atoms with Crippen LogP contribution in [0.5, 0.6) is 5.75 Å². The van der Waals surface area contributed by atoms with Crippen molar-refractivity contribution in [3.05, 3.63) is 90.0 Å². The number of amides is 2. The highest BCUT2D eigenvalue weighted by Crippen LogP contribution is 2.26. The molecule has 39 heavy (non-hydrogen) atoms. The van der Waals surface area contributed by atoms with Crippen LogP contribution in [0.2, 0.25) is 0 Å². The summed E-state index contributed by atoms with van der Waals surface area (Å²) in [5, 5.41) is 2.74. The average molecular weight is 560 g/mol. The number of nitrogens with zero attached hydrogens (tertiary/aromatic N) is 2. The van der Waals surface area contributed by atoms with E-state index in [9.17, 15) is 26.8 Å². The monoisotopic (exact) mass is 559 g/mol. The molecule has 0 unspecified atom stereocenters. The molecule has 0 spiro atoms. The van der Waals surface area contributed by atoms with Gasteiger partial charge in [-0.15, -0.1) is 0 Å². The molecule has 1 atom stereocenters. The first-order chi connectivity index (χ1) is 18.6. The molecular weight excluding hydrogens is 528 g/mol. The van der Waals surface area contributed by atoms with Gasteiger partial charge in [-0.1, -0.05) is 19.1 Å². The van der Waals surface area contributed by atoms with E-state index in [-0.39, 0.29) is 17.1 Å². The van der Waals surface area contributed by atoms with Gasteiger partial charge in [0.1, 0.15) is 30.0 Å². The molecule has 0 aliphatic heterocycles. The second-order valence-corrected chi connectivity index (χ2v) is 10.6. The molecule has 3 aromatic rings. The Bertz CT molecular complexity index is 1370. The molecule has 0 heterocycles. The van der Waals surface area contributed by atoms with Crippen LogP contribution in [-0.2, 0) is 26.2 Å². The van der Waals surface area contributed by atoms with Crippen LogP contribution in [0.4, 0.5) is 14.5 Å². The van der Waals surface area contributed by atoms with Crippen molar-refractivity contribution in [2.45, 2.75) is 37.8 Å². The number of ether oxygens (including phenoxy) is 1. The van der Waals surface area contributed by atoms with E-state index < -0.39 is 46.1 Å². The van der Waals surface area contributed by atoms with Gasteiger partial charge < -0.3 is 15.0 Å². The summed E-state index contributed by atoms with van der Waals surface area (Å²) in [4.78, 5) is 27.7. The minimum Gasteiger partial charge on any atom is -0.497 e. The van der Waals surface area contributed by atoms with Gasteiger partial charge in [-0.05, 0) is 79.6 Å². The number of halogens is 2. The molecule has 11 heteroatoms. The topological polar surface area (TPSA) is 96.0 Å². The number of hydrogen-bond donors (Lipinski definition) is 1. The van der Waals surface area contributed by atoms with Crippen LogP contribution in [0.3, 0.4) is 0 Å². The van der Waals surface area contributed by atoms with E-state index in [0.29, 0.717) is 24.3 Å². The molecule has 0 saturated heterocycles. The molecule has 0 bridgehead atoms. The van der Waals surface area contributed by atoms with Crippen molar-refractivity contribution < 1.29 is 31.5 Å². The highest BCUT2D eigenvalue weighted by atomic mass is 32.2. The summed E-state index contributed by atoms with van der Waals surface area (Å²) >= 11 is 0. The van der Waals surface area contributed by atoms with Gasteiger partial charge in [-0.25, -0.2) is 17.2 Å². The summed E-state index contributed by atoms with van der Waals surface area (Å²) in [5.74, 6) is -1.70. The maximum absolute atomic E-state index is 13.7. The van der Waals surface area contributed by atoms with E-state index in [0.717, 1.165) is 16.4 Å². The summed E-state index contributed by atoms with van der Waals surface area (Å²) in [6, 6.07) is 14.8. The molecule has 0 saturated carbocycles. The van der Waals surface area contributed by atoms with Crippen molar-refractivity contribution in [2.75, 3.05) is 24.5 Å². The highest BCUT2D eigenvalue weighted by Gasteiger charge is 2.32.